The highest BCUT2D eigenvalue weighted by Gasteiger charge is 2.29. The van der Waals surface area contributed by atoms with Crippen LogP contribution in [0.5, 0.6) is 0 Å². The molecular formula is C15H22ClN3O2. The van der Waals surface area contributed by atoms with Crippen LogP contribution >= 0.6 is 11.6 Å². The van der Waals surface area contributed by atoms with E-state index in [9.17, 15) is 10.1 Å². The third-order valence-corrected chi connectivity index (χ3v) is 4.58. The van der Waals surface area contributed by atoms with Crippen LogP contribution in [0, 0.1) is 16.0 Å². The molecule has 1 fully saturated rings. The standard InChI is InChI=1S/C15H22ClN3O2/c1-3-11(2)15(18-8-6-17-7-9-18)13-10-12(19(20)21)4-5-14(13)16/h4-5,10-11,15,17H,3,6-9H2,1-2H3/t11?,15-/m1/s1. The van der Waals surface area contributed by atoms with Crippen molar-refractivity contribution >= 4 is 17.3 Å². The van der Waals surface area contributed by atoms with Crippen molar-refractivity contribution in [3.8, 4) is 0 Å². The van der Waals surface area contributed by atoms with Gasteiger partial charge in [0.1, 0.15) is 0 Å². The third-order valence-electron chi connectivity index (χ3n) is 4.24. The van der Waals surface area contributed by atoms with E-state index in [0.29, 0.717) is 10.9 Å². The number of nitrogens with one attached hydrogen (secondary N) is 1. The van der Waals surface area contributed by atoms with Crippen molar-refractivity contribution in [1.82, 2.24) is 10.2 Å². The van der Waals surface area contributed by atoms with E-state index in [-0.39, 0.29) is 16.7 Å². The molecule has 21 heavy (non-hydrogen) atoms. The van der Waals surface area contributed by atoms with E-state index in [1.165, 1.54) is 6.07 Å². The van der Waals surface area contributed by atoms with Gasteiger partial charge in [-0.25, -0.2) is 0 Å². The van der Waals surface area contributed by atoms with E-state index in [1.807, 2.05) is 0 Å². The summed E-state index contributed by atoms with van der Waals surface area (Å²) in [5, 5.41) is 15.0. The van der Waals surface area contributed by atoms with Crippen LogP contribution < -0.4 is 5.32 Å². The molecule has 0 spiro atoms. The lowest BCUT2D eigenvalue weighted by atomic mass is 9.90. The van der Waals surface area contributed by atoms with Crippen LogP contribution in [0.4, 0.5) is 5.69 Å². The minimum Gasteiger partial charge on any atom is -0.314 e. The Morgan fingerprint density at radius 3 is 2.67 bits per heavy atom. The molecule has 1 aromatic carbocycles. The van der Waals surface area contributed by atoms with E-state index in [2.05, 4.69) is 24.1 Å². The molecule has 0 aromatic heterocycles. The van der Waals surface area contributed by atoms with E-state index in [1.54, 1.807) is 12.1 Å². The highest BCUT2D eigenvalue weighted by atomic mass is 35.5. The Kier molecular flexibility index (Phi) is 5.56. The topological polar surface area (TPSA) is 58.4 Å². The van der Waals surface area contributed by atoms with Gasteiger partial charge in [-0.15, -0.1) is 0 Å². The van der Waals surface area contributed by atoms with Gasteiger partial charge in [0, 0.05) is 49.4 Å². The largest absolute Gasteiger partial charge is 0.314 e. The summed E-state index contributed by atoms with van der Waals surface area (Å²) in [4.78, 5) is 13.1. The van der Waals surface area contributed by atoms with E-state index >= 15 is 0 Å². The zero-order valence-corrected chi connectivity index (χ0v) is 13.3. The molecule has 1 saturated heterocycles. The molecule has 1 N–H and O–H groups in total. The summed E-state index contributed by atoms with van der Waals surface area (Å²) >= 11 is 6.35. The summed E-state index contributed by atoms with van der Waals surface area (Å²) < 4.78 is 0. The molecule has 116 valence electrons. The minimum atomic E-state index is -0.356. The van der Waals surface area contributed by atoms with E-state index in [0.717, 1.165) is 38.2 Å². The van der Waals surface area contributed by atoms with Crippen LogP contribution in [0.2, 0.25) is 5.02 Å². The second kappa shape index (κ2) is 7.20. The van der Waals surface area contributed by atoms with Crippen molar-refractivity contribution in [2.75, 3.05) is 26.2 Å². The number of non-ortho nitro benzene ring substituents is 1. The average Bonchev–Trinajstić information content (AvgIpc) is 2.50. The van der Waals surface area contributed by atoms with Gasteiger partial charge in [-0.2, -0.15) is 0 Å². The number of hydrogen-bond donors (Lipinski definition) is 1. The van der Waals surface area contributed by atoms with Gasteiger partial charge < -0.3 is 5.32 Å². The Morgan fingerprint density at radius 2 is 2.10 bits per heavy atom. The van der Waals surface area contributed by atoms with Crippen LogP contribution in [0.3, 0.4) is 0 Å². The summed E-state index contributed by atoms with van der Waals surface area (Å²) in [5.74, 6) is 0.391. The molecule has 1 unspecified atom stereocenters. The van der Waals surface area contributed by atoms with E-state index < -0.39 is 0 Å². The predicted molar refractivity (Wildman–Crippen MR) is 84.7 cm³/mol. The van der Waals surface area contributed by atoms with Crippen molar-refractivity contribution in [1.29, 1.82) is 0 Å². The monoisotopic (exact) mass is 311 g/mol. The molecule has 5 nitrogen and oxygen atoms in total. The summed E-state index contributed by atoms with van der Waals surface area (Å²) in [6, 6.07) is 4.88. The minimum absolute atomic E-state index is 0.109. The zero-order valence-electron chi connectivity index (χ0n) is 12.5. The molecule has 0 saturated carbocycles. The molecule has 0 radical (unpaired) electrons. The van der Waals surface area contributed by atoms with Crippen LogP contribution in [0.25, 0.3) is 0 Å². The Hall–Kier alpha value is -1.17. The van der Waals surface area contributed by atoms with Gasteiger partial charge in [0.15, 0.2) is 0 Å². The zero-order chi connectivity index (χ0) is 15.4. The maximum atomic E-state index is 11.0. The molecule has 1 heterocycles. The Bertz CT molecular complexity index is 504. The molecule has 0 bridgehead atoms. The van der Waals surface area contributed by atoms with Crippen LogP contribution in [-0.2, 0) is 0 Å². The van der Waals surface area contributed by atoms with Gasteiger partial charge >= 0.3 is 0 Å². The Morgan fingerprint density at radius 1 is 1.43 bits per heavy atom. The molecule has 1 aliphatic heterocycles. The van der Waals surface area contributed by atoms with Crippen LogP contribution in [-0.4, -0.2) is 36.0 Å². The average molecular weight is 312 g/mol. The lowest BCUT2D eigenvalue weighted by molar-refractivity contribution is -0.385. The van der Waals surface area contributed by atoms with Crippen molar-refractivity contribution in [3.05, 3.63) is 38.9 Å². The Labute approximate surface area is 130 Å². The Balaban J connectivity index is 2.39. The lowest BCUT2D eigenvalue weighted by Gasteiger charge is -2.38. The maximum Gasteiger partial charge on any atom is 0.269 e. The van der Waals surface area contributed by atoms with E-state index in [4.69, 9.17) is 11.6 Å². The number of halogens is 1. The summed E-state index contributed by atoms with van der Waals surface area (Å²) in [5.41, 5.74) is 0.986. The third kappa shape index (κ3) is 3.73. The van der Waals surface area contributed by atoms with Crippen LogP contribution in [0.1, 0.15) is 31.9 Å². The number of nitro groups is 1. The maximum absolute atomic E-state index is 11.0. The highest BCUT2D eigenvalue weighted by Crippen LogP contribution is 2.37. The lowest BCUT2D eigenvalue weighted by Crippen LogP contribution is -2.46. The first kappa shape index (κ1) is 16.2. The van der Waals surface area contributed by atoms with Gasteiger partial charge in [0.25, 0.3) is 5.69 Å². The molecule has 2 atom stereocenters. The molecule has 0 aliphatic carbocycles. The summed E-state index contributed by atoms with van der Waals surface area (Å²) in [6.07, 6.45) is 1.01. The molecule has 2 rings (SSSR count). The summed E-state index contributed by atoms with van der Waals surface area (Å²) in [6.45, 7) is 8.09. The fourth-order valence-corrected chi connectivity index (χ4v) is 3.15. The number of benzene rings is 1. The quantitative estimate of drug-likeness (QED) is 0.670. The predicted octanol–water partition coefficient (Wildman–Crippen LogP) is 3.24. The second-order valence-corrected chi connectivity index (χ2v) is 5.99. The summed E-state index contributed by atoms with van der Waals surface area (Å²) in [7, 11) is 0. The second-order valence-electron chi connectivity index (χ2n) is 5.58. The van der Waals surface area contributed by atoms with Gasteiger partial charge in [0.2, 0.25) is 0 Å². The van der Waals surface area contributed by atoms with Gasteiger partial charge in [-0.3, -0.25) is 15.0 Å². The van der Waals surface area contributed by atoms with Crippen molar-refractivity contribution < 1.29 is 4.92 Å². The fourth-order valence-electron chi connectivity index (χ4n) is 2.92. The van der Waals surface area contributed by atoms with Gasteiger partial charge in [-0.05, 0) is 17.5 Å². The smallest absolute Gasteiger partial charge is 0.269 e. The number of nitro benzene ring substituents is 1. The van der Waals surface area contributed by atoms with Crippen LogP contribution in [0.15, 0.2) is 18.2 Å². The molecular weight excluding hydrogens is 290 g/mol. The molecule has 0 amide bonds. The van der Waals surface area contributed by atoms with Crippen molar-refractivity contribution in [2.45, 2.75) is 26.3 Å². The van der Waals surface area contributed by atoms with Crippen molar-refractivity contribution in [3.63, 3.8) is 0 Å². The van der Waals surface area contributed by atoms with Gasteiger partial charge in [0.05, 0.1) is 4.92 Å². The normalized spacial score (nSPS) is 19.2. The molecule has 6 heteroatoms. The number of nitrogens with zero attached hydrogens (tertiary/aromatic N) is 2. The number of piperazine rings is 1. The SMILES string of the molecule is CCC(C)[C@H](c1cc([N+](=O)[O-])ccc1Cl)N1CCNCC1. The van der Waals surface area contributed by atoms with Gasteiger partial charge in [-0.1, -0.05) is 31.9 Å². The first-order valence-corrected chi connectivity index (χ1v) is 7.81. The number of rotatable bonds is 5. The number of hydrogen-bond acceptors (Lipinski definition) is 4. The molecule has 1 aromatic rings. The molecule has 1 aliphatic rings. The first-order valence-electron chi connectivity index (χ1n) is 7.43. The fraction of sp³-hybridized carbons (Fsp3) is 0.600. The first-order chi connectivity index (χ1) is 10.0. The highest BCUT2D eigenvalue weighted by molar-refractivity contribution is 6.31. The van der Waals surface area contributed by atoms with Crippen molar-refractivity contribution in [2.24, 2.45) is 5.92 Å².